The quantitative estimate of drug-likeness (QED) is 0.749. The Hall–Kier alpha value is -2.51. The van der Waals surface area contributed by atoms with Crippen LogP contribution in [0.15, 0.2) is 48.1 Å². The van der Waals surface area contributed by atoms with Gasteiger partial charge in [0.2, 0.25) is 0 Å². The second-order valence-electron chi connectivity index (χ2n) is 6.40. The van der Waals surface area contributed by atoms with Gasteiger partial charge in [-0.25, -0.2) is 9.97 Å². The van der Waals surface area contributed by atoms with Crippen molar-refractivity contribution in [1.29, 1.82) is 0 Å². The maximum absolute atomic E-state index is 4.67. The largest absolute Gasteiger partial charge is 0.369 e. The van der Waals surface area contributed by atoms with Crippen molar-refractivity contribution in [2.45, 2.75) is 6.54 Å². The lowest BCUT2D eigenvalue weighted by molar-refractivity contribution is 0.313. The average molecular weight is 366 g/mol. The first kappa shape index (κ1) is 16.9. The minimum Gasteiger partial charge on any atom is -0.369 e. The molecule has 134 valence electrons. The van der Waals surface area contributed by atoms with Crippen LogP contribution < -0.4 is 10.2 Å². The third-order valence-electron chi connectivity index (χ3n) is 4.50. The number of anilines is 2. The van der Waals surface area contributed by atoms with Crippen LogP contribution in [0.1, 0.15) is 5.69 Å². The second kappa shape index (κ2) is 7.80. The lowest BCUT2D eigenvalue weighted by atomic mass is 10.2. The molecule has 6 nitrogen and oxygen atoms in total. The van der Waals surface area contributed by atoms with E-state index in [2.05, 4.69) is 54.6 Å². The van der Waals surface area contributed by atoms with E-state index < -0.39 is 0 Å². The van der Waals surface area contributed by atoms with Gasteiger partial charge >= 0.3 is 0 Å². The van der Waals surface area contributed by atoms with Crippen LogP contribution in [0.25, 0.3) is 10.7 Å². The molecule has 1 saturated heterocycles. The van der Waals surface area contributed by atoms with Crippen LogP contribution in [-0.2, 0) is 6.54 Å². The Kier molecular flexibility index (Phi) is 5.08. The third kappa shape index (κ3) is 4.00. The Morgan fingerprint density at radius 2 is 1.96 bits per heavy atom. The predicted octanol–water partition coefficient (Wildman–Crippen LogP) is 2.96. The van der Waals surface area contributed by atoms with Crippen LogP contribution in [-0.4, -0.2) is 53.1 Å². The van der Waals surface area contributed by atoms with E-state index in [9.17, 15) is 0 Å². The van der Waals surface area contributed by atoms with E-state index in [1.807, 2.05) is 24.4 Å². The van der Waals surface area contributed by atoms with Gasteiger partial charge in [0.25, 0.3) is 0 Å². The minimum atomic E-state index is 0.655. The Morgan fingerprint density at radius 1 is 1.08 bits per heavy atom. The van der Waals surface area contributed by atoms with Crippen molar-refractivity contribution >= 4 is 22.8 Å². The number of likely N-dealkylation sites (N-methyl/N-ethyl adjacent to an activating group) is 1. The molecule has 1 fully saturated rings. The van der Waals surface area contributed by atoms with E-state index >= 15 is 0 Å². The molecule has 0 atom stereocenters. The number of nitrogens with one attached hydrogen (secondary N) is 1. The van der Waals surface area contributed by atoms with Crippen LogP contribution in [0.5, 0.6) is 0 Å². The molecular formula is C19H22N6S. The van der Waals surface area contributed by atoms with Crippen molar-refractivity contribution in [1.82, 2.24) is 19.9 Å². The Labute approximate surface area is 157 Å². The molecule has 0 bridgehead atoms. The summed E-state index contributed by atoms with van der Waals surface area (Å²) in [5.41, 5.74) is 3.14. The van der Waals surface area contributed by atoms with Gasteiger partial charge in [-0.3, -0.25) is 4.98 Å². The molecule has 1 aliphatic rings. The van der Waals surface area contributed by atoms with Crippen LogP contribution >= 0.6 is 11.3 Å². The SMILES string of the molecule is CN1CCN(c2ccnc(NCc3csc(-c4ccccn4)n3)c2)CC1. The zero-order valence-corrected chi connectivity index (χ0v) is 15.6. The summed E-state index contributed by atoms with van der Waals surface area (Å²) in [5, 5.41) is 6.41. The molecule has 3 aromatic heterocycles. The fourth-order valence-electron chi connectivity index (χ4n) is 2.95. The molecule has 26 heavy (non-hydrogen) atoms. The predicted molar refractivity (Wildman–Crippen MR) is 107 cm³/mol. The molecule has 1 aliphatic heterocycles. The van der Waals surface area contributed by atoms with Crippen molar-refractivity contribution in [2.24, 2.45) is 0 Å². The van der Waals surface area contributed by atoms with E-state index in [0.717, 1.165) is 48.4 Å². The van der Waals surface area contributed by atoms with Gasteiger partial charge in [0.15, 0.2) is 0 Å². The first-order valence-electron chi connectivity index (χ1n) is 8.77. The standard InChI is InChI=1S/C19H22N6S/c1-24-8-10-25(11-9-24)16-5-7-21-18(12-16)22-13-15-14-26-19(23-15)17-4-2-3-6-20-17/h2-7,12,14H,8-11,13H2,1H3,(H,21,22). The molecule has 0 aromatic carbocycles. The smallest absolute Gasteiger partial charge is 0.142 e. The Bertz CT molecular complexity index is 842. The summed E-state index contributed by atoms with van der Waals surface area (Å²) in [6, 6.07) is 10.1. The molecule has 3 aromatic rings. The van der Waals surface area contributed by atoms with Crippen molar-refractivity contribution < 1.29 is 0 Å². The highest BCUT2D eigenvalue weighted by atomic mass is 32.1. The summed E-state index contributed by atoms with van der Waals surface area (Å²) in [4.78, 5) is 18.2. The van der Waals surface area contributed by atoms with Gasteiger partial charge in [0, 0.05) is 55.7 Å². The lowest BCUT2D eigenvalue weighted by Crippen LogP contribution is -2.44. The van der Waals surface area contributed by atoms with Gasteiger partial charge in [0.05, 0.1) is 17.9 Å². The fraction of sp³-hybridized carbons (Fsp3) is 0.316. The van der Waals surface area contributed by atoms with Crippen molar-refractivity contribution in [3.05, 3.63) is 53.8 Å². The van der Waals surface area contributed by atoms with Crippen LogP contribution in [0.2, 0.25) is 0 Å². The Balaban J connectivity index is 1.39. The number of hydrogen-bond acceptors (Lipinski definition) is 7. The van der Waals surface area contributed by atoms with E-state index in [4.69, 9.17) is 0 Å². The van der Waals surface area contributed by atoms with E-state index in [0.29, 0.717) is 6.54 Å². The van der Waals surface area contributed by atoms with Gasteiger partial charge in [0.1, 0.15) is 10.8 Å². The number of pyridine rings is 2. The first-order valence-corrected chi connectivity index (χ1v) is 9.65. The summed E-state index contributed by atoms with van der Waals surface area (Å²) in [7, 11) is 2.17. The third-order valence-corrected chi connectivity index (χ3v) is 5.41. The molecule has 0 amide bonds. The maximum Gasteiger partial charge on any atom is 0.142 e. The number of rotatable bonds is 5. The van der Waals surface area contributed by atoms with Gasteiger partial charge in [-0.2, -0.15) is 0 Å². The van der Waals surface area contributed by atoms with Crippen LogP contribution in [0.3, 0.4) is 0 Å². The summed E-state index contributed by atoms with van der Waals surface area (Å²) in [5.74, 6) is 0.883. The highest BCUT2D eigenvalue weighted by Gasteiger charge is 2.14. The topological polar surface area (TPSA) is 57.2 Å². The highest BCUT2D eigenvalue weighted by molar-refractivity contribution is 7.13. The normalized spacial score (nSPS) is 15.2. The van der Waals surface area contributed by atoms with Crippen molar-refractivity contribution in [3.63, 3.8) is 0 Å². The molecule has 1 N–H and O–H groups in total. The summed E-state index contributed by atoms with van der Waals surface area (Å²) in [6.45, 7) is 4.96. The monoisotopic (exact) mass is 366 g/mol. The molecule has 0 spiro atoms. The zero-order chi connectivity index (χ0) is 17.8. The molecule has 0 saturated carbocycles. The summed E-state index contributed by atoms with van der Waals surface area (Å²) < 4.78 is 0. The van der Waals surface area contributed by atoms with E-state index in [1.54, 1.807) is 17.5 Å². The first-order chi connectivity index (χ1) is 12.8. The molecular weight excluding hydrogens is 344 g/mol. The van der Waals surface area contributed by atoms with Crippen molar-refractivity contribution in [2.75, 3.05) is 43.4 Å². The van der Waals surface area contributed by atoms with Gasteiger partial charge < -0.3 is 15.1 Å². The number of aromatic nitrogens is 3. The molecule has 0 unspecified atom stereocenters. The number of piperazine rings is 1. The van der Waals surface area contributed by atoms with E-state index in [1.165, 1.54) is 5.69 Å². The van der Waals surface area contributed by atoms with Crippen molar-refractivity contribution in [3.8, 4) is 10.7 Å². The number of nitrogens with zero attached hydrogens (tertiary/aromatic N) is 5. The van der Waals surface area contributed by atoms with Gasteiger partial charge in [-0.1, -0.05) is 6.07 Å². The fourth-order valence-corrected chi connectivity index (χ4v) is 3.75. The highest BCUT2D eigenvalue weighted by Crippen LogP contribution is 2.23. The molecule has 7 heteroatoms. The maximum atomic E-state index is 4.67. The minimum absolute atomic E-state index is 0.655. The summed E-state index contributed by atoms with van der Waals surface area (Å²) >= 11 is 1.62. The van der Waals surface area contributed by atoms with E-state index in [-0.39, 0.29) is 0 Å². The number of hydrogen-bond donors (Lipinski definition) is 1. The molecule has 4 rings (SSSR count). The average Bonchev–Trinajstić information content (AvgIpc) is 3.17. The molecule has 4 heterocycles. The lowest BCUT2D eigenvalue weighted by Gasteiger charge is -2.34. The molecule has 0 radical (unpaired) electrons. The summed E-state index contributed by atoms with van der Waals surface area (Å²) in [6.07, 6.45) is 3.67. The van der Waals surface area contributed by atoms with Crippen LogP contribution in [0, 0.1) is 0 Å². The second-order valence-corrected chi connectivity index (χ2v) is 7.26. The van der Waals surface area contributed by atoms with Crippen LogP contribution in [0.4, 0.5) is 11.5 Å². The zero-order valence-electron chi connectivity index (χ0n) is 14.8. The van der Waals surface area contributed by atoms with Gasteiger partial charge in [-0.05, 0) is 25.2 Å². The molecule has 0 aliphatic carbocycles. The Morgan fingerprint density at radius 3 is 2.77 bits per heavy atom. The number of thiazole rings is 1. The van der Waals surface area contributed by atoms with Gasteiger partial charge in [-0.15, -0.1) is 11.3 Å².